The van der Waals surface area contributed by atoms with Crippen LogP contribution in [0.4, 0.5) is 0 Å². The lowest BCUT2D eigenvalue weighted by molar-refractivity contribution is 0.0670. The fourth-order valence-corrected chi connectivity index (χ4v) is 3.46. The van der Waals surface area contributed by atoms with Crippen molar-refractivity contribution < 1.29 is 4.79 Å². The molecule has 18 heavy (non-hydrogen) atoms. The van der Waals surface area contributed by atoms with E-state index in [9.17, 15) is 4.79 Å². The van der Waals surface area contributed by atoms with Gasteiger partial charge in [-0.1, -0.05) is 0 Å². The largest absolute Gasteiger partial charge is 0.338 e. The molecule has 1 aromatic rings. The molecule has 0 radical (unpaired) electrons. The van der Waals surface area contributed by atoms with Crippen LogP contribution in [0.3, 0.4) is 0 Å². The topological polar surface area (TPSA) is 46.3 Å². The Balaban J connectivity index is 0.00000162. The first kappa shape index (κ1) is 16.0. The molecule has 2 rings (SSSR count). The third kappa shape index (κ3) is 3.95. The van der Waals surface area contributed by atoms with E-state index in [0.717, 1.165) is 41.8 Å². The van der Waals surface area contributed by atoms with Crippen LogP contribution in [0.1, 0.15) is 29.6 Å². The van der Waals surface area contributed by atoms with E-state index in [1.807, 2.05) is 16.3 Å². The Morgan fingerprint density at radius 2 is 2.39 bits per heavy atom. The number of nitrogens with zero attached hydrogens (tertiary/aromatic N) is 1. The highest BCUT2D eigenvalue weighted by Gasteiger charge is 2.24. The number of halogens is 2. The van der Waals surface area contributed by atoms with Gasteiger partial charge in [-0.2, -0.15) is 0 Å². The minimum absolute atomic E-state index is 0. The van der Waals surface area contributed by atoms with Crippen LogP contribution >= 0.6 is 39.7 Å². The van der Waals surface area contributed by atoms with Crippen LogP contribution < -0.4 is 5.73 Å². The van der Waals surface area contributed by atoms with E-state index in [1.165, 1.54) is 6.42 Å². The molecule has 2 N–H and O–H groups in total. The summed E-state index contributed by atoms with van der Waals surface area (Å²) >= 11 is 4.95. The molecule has 6 heteroatoms. The number of amides is 1. The predicted octanol–water partition coefficient (Wildman–Crippen LogP) is 3.13. The third-order valence-corrected chi connectivity index (χ3v) is 4.70. The Kier molecular flexibility index (Phi) is 6.63. The van der Waals surface area contributed by atoms with Gasteiger partial charge in [0.25, 0.3) is 5.91 Å². The molecular formula is C12H18BrClN2OS. The summed E-state index contributed by atoms with van der Waals surface area (Å²) in [5.74, 6) is 0.744. The summed E-state index contributed by atoms with van der Waals surface area (Å²) in [6, 6.07) is 1.90. The summed E-state index contributed by atoms with van der Waals surface area (Å²) in [5.41, 5.74) is 6.39. The van der Waals surface area contributed by atoms with Crippen LogP contribution in [0.15, 0.2) is 15.2 Å². The molecule has 0 bridgehead atoms. The molecule has 0 aliphatic carbocycles. The zero-order valence-corrected chi connectivity index (χ0v) is 13.3. The Morgan fingerprint density at radius 3 is 3.00 bits per heavy atom. The molecule has 1 aromatic heterocycles. The third-order valence-electron chi connectivity index (χ3n) is 3.20. The average Bonchev–Trinajstić information content (AvgIpc) is 2.76. The molecule has 0 aromatic carbocycles. The van der Waals surface area contributed by atoms with E-state index in [0.29, 0.717) is 5.92 Å². The van der Waals surface area contributed by atoms with Crippen molar-refractivity contribution in [2.45, 2.75) is 19.3 Å². The summed E-state index contributed by atoms with van der Waals surface area (Å²) in [7, 11) is 0. The van der Waals surface area contributed by atoms with Gasteiger partial charge in [0.05, 0.1) is 9.35 Å². The maximum atomic E-state index is 12.2. The van der Waals surface area contributed by atoms with E-state index < -0.39 is 0 Å². The predicted molar refractivity (Wildman–Crippen MR) is 81.6 cm³/mol. The van der Waals surface area contributed by atoms with Gasteiger partial charge in [0.2, 0.25) is 0 Å². The van der Waals surface area contributed by atoms with Gasteiger partial charge in [-0.15, -0.1) is 23.7 Å². The smallest absolute Gasteiger partial charge is 0.254 e. The number of hydrogen-bond acceptors (Lipinski definition) is 3. The van der Waals surface area contributed by atoms with Crippen molar-refractivity contribution in [2.75, 3.05) is 19.6 Å². The number of carbonyl (C=O) groups excluding carboxylic acids is 1. The molecule has 3 nitrogen and oxygen atoms in total. The van der Waals surface area contributed by atoms with E-state index in [1.54, 1.807) is 11.3 Å². The zero-order chi connectivity index (χ0) is 12.3. The van der Waals surface area contributed by atoms with Gasteiger partial charge in [-0.3, -0.25) is 4.79 Å². The summed E-state index contributed by atoms with van der Waals surface area (Å²) in [4.78, 5) is 14.2. The van der Waals surface area contributed by atoms with Crippen LogP contribution in [0, 0.1) is 5.92 Å². The first-order chi connectivity index (χ1) is 8.20. The Labute approximate surface area is 126 Å². The lowest BCUT2D eigenvalue weighted by atomic mass is 9.94. The monoisotopic (exact) mass is 352 g/mol. The summed E-state index contributed by atoms with van der Waals surface area (Å²) < 4.78 is 1.01. The standard InChI is InChI=1S/C12H17BrN2OS.ClH/c13-11-6-10(8-17-11)12(16)15-5-1-2-9(7-15)3-4-14;/h6,8-9H,1-5,7,14H2;1H. The van der Waals surface area contributed by atoms with Gasteiger partial charge in [0, 0.05) is 18.5 Å². The number of likely N-dealkylation sites (tertiary alicyclic amines) is 1. The van der Waals surface area contributed by atoms with E-state index in [-0.39, 0.29) is 18.3 Å². The minimum Gasteiger partial charge on any atom is -0.338 e. The first-order valence-electron chi connectivity index (χ1n) is 5.94. The van der Waals surface area contributed by atoms with Crippen molar-refractivity contribution in [3.63, 3.8) is 0 Å². The van der Waals surface area contributed by atoms with Crippen molar-refractivity contribution in [2.24, 2.45) is 11.7 Å². The second-order valence-electron chi connectivity index (χ2n) is 4.48. The Hall–Kier alpha value is -0.100. The molecule has 1 aliphatic heterocycles. The molecule has 1 fully saturated rings. The molecule has 1 unspecified atom stereocenters. The second-order valence-corrected chi connectivity index (χ2v) is 6.77. The number of hydrogen-bond donors (Lipinski definition) is 1. The fraction of sp³-hybridized carbons (Fsp3) is 0.583. The molecule has 0 saturated carbocycles. The van der Waals surface area contributed by atoms with E-state index in [2.05, 4.69) is 15.9 Å². The quantitative estimate of drug-likeness (QED) is 0.907. The highest BCUT2D eigenvalue weighted by atomic mass is 79.9. The number of nitrogens with two attached hydrogens (primary N) is 1. The van der Waals surface area contributed by atoms with Crippen molar-refractivity contribution in [1.29, 1.82) is 0 Å². The SMILES string of the molecule is Cl.NCCC1CCCN(C(=O)c2csc(Br)c2)C1. The summed E-state index contributed by atoms with van der Waals surface area (Å²) in [6.07, 6.45) is 3.33. The van der Waals surface area contributed by atoms with Crippen LogP contribution in [0.2, 0.25) is 0 Å². The van der Waals surface area contributed by atoms with Crippen LogP contribution in [-0.2, 0) is 0 Å². The lowest BCUT2D eigenvalue weighted by Crippen LogP contribution is -2.40. The van der Waals surface area contributed by atoms with Gasteiger partial charge < -0.3 is 10.6 Å². The highest BCUT2D eigenvalue weighted by molar-refractivity contribution is 9.11. The first-order valence-corrected chi connectivity index (χ1v) is 7.61. The second kappa shape index (κ2) is 7.48. The van der Waals surface area contributed by atoms with Gasteiger partial charge in [0.15, 0.2) is 0 Å². The summed E-state index contributed by atoms with van der Waals surface area (Å²) in [5, 5.41) is 1.92. The molecule has 1 aliphatic rings. The Bertz CT molecular complexity index is 397. The Morgan fingerprint density at radius 1 is 1.61 bits per heavy atom. The lowest BCUT2D eigenvalue weighted by Gasteiger charge is -2.32. The average molecular weight is 354 g/mol. The van der Waals surface area contributed by atoms with Gasteiger partial charge in [-0.25, -0.2) is 0 Å². The minimum atomic E-state index is 0. The maximum Gasteiger partial charge on any atom is 0.254 e. The van der Waals surface area contributed by atoms with Crippen molar-refractivity contribution in [1.82, 2.24) is 4.90 Å². The van der Waals surface area contributed by atoms with Crippen LogP contribution in [0.25, 0.3) is 0 Å². The molecule has 0 spiro atoms. The molecular weight excluding hydrogens is 336 g/mol. The highest BCUT2D eigenvalue weighted by Crippen LogP contribution is 2.25. The van der Waals surface area contributed by atoms with Crippen LogP contribution in [-0.4, -0.2) is 30.4 Å². The number of thiophene rings is 1. The zero-order valence-electron chi connectivity index (χ0n) is 10.1. The van der Waals surface area contributed by atoms with Crippen molar-refractivity contribution in [3.05, 3.63) is 20.8 Å². The number of carbonyl (C=O) groups is 1. The van der Waals surface area contributed by atoms with Gasteiger partial charge in [-0.05, 0) is 53.7 Å². The number of rotatable bonds is 3. The van der Waals surface area contributed by atoms with Crippen molar-refractivity contribution in [3.8, 4) is 0 Å². The van der Waals surface area contributed by atoms with E-state index in [4.69, 9.17) is 5.73 Å². The van der Waals surface area contributed by atoms with E-state index >= 15 is 0 Å². The van der Waals surface area contributed by atoms with Crippen LogP contribution in [0.5, 0.6) is 0 Å². The normalized spacial score (nSPS) is 19.4. The molecule has 102 valence electrons. The van der Waals surface area contributed by atoms with Crippen molar-refractivity contribution >= 4 is 45.6 Å². The molecule has 1 saturated heterocycles. The number of piperidine rings is 1. The van der Waals surface area contributed by atoms with Gasteiger partial charge >= 0.3 is 0 Å². The fourth-order valence-electron chi connectivity index (χ4n) is 2.33. The molecule has 1 amide bonds. The summed E-state index contributed by atoms with van der Waals surface area (Å²) in [6.45, 7) is 2.47. The molecule has 1 atom stereocenters. The van der Waals surface area contributed by atoms with Gasteiger partial charge in [0.1, 0.15) is 0 Å². The maximum absolute atomic E-state index is 12.2. The molecule has 2 heterocycles.